The van der Waals surface area contributed by atoms with Crippen LogP contribution in [0.5, 0.6) is 0 Å². The van der Waals surface area contributed by atoms with Gasteiger partial charge >= 0.3 is 0 Å². The van der Waals surface area contributed by atoms with Gasteiger partial charge in [-0.05, 0) is 88.7 Å². The minimum absolute atomic E-state index is 0.00456. The second kappa shape index (κ2) is 13.6. The summed E-state index contributed by atoms with van der Waals surface area (Å²) in [5, 5.41) is 18.6. The van der Waals surface area contributed by atoms with Crippen molar-refractivity contribution in [1.82, 2.24) is 14.7 Å². The zero-order valence-electron chi connectivity index (χ0n) is 25.9. The number of ether oxygens (including phenoxy) is 1. The summed E-state index contributed by atoms with van der Waals surface area (Å²) in [5.74, 6) is -0.828. The summed E-state index contributed by atoms with van der Waals surface area (Å²) in [6.07, 6.45) is 4.20. The van der Waals surface area contributed by atoms with Gasteiger partial charge in [-0.2, -0.15) is 9.49 Å². The first kappa shape index (κ1) is 32.1. The molecule has 2 fully saturated rings. The van der Waals surface area contributed by atoms with Crippen molar-refractivity contribution in [2.45, 2.75) is 45.7 Å². The maximum Gasteiger partial charge on any atom is 0.222 e. The lowest BCUT2D eigenvalue weighted by atomic mass is 9.95. The number of nitrogens with zero attached hydrogens (tertiary/aromatic N) is 4. The molecule has 0 aliphatic carbocycles. The molecule has 1 aromatic heterocycles. The van der Waals surface area contributed by atoms with Gasteiger partial charge in [0.25, 0.3) is 0 Å². The molecule has 0 radical (unpaired) electrons. The topological polar surface area (TPSA) is 98.5 Å². The number of halogens is 2. The number of nitrogens with one attached hydrogen (secondary N) is 3. The second-order valence-electron chi connectivity index (χ2n) is 12.1. The summed E-state index contributed by atoms with van der Waals surface area (Å²) in [5.41, 5.74) is 5.83. The summed E-state index contributed by atoms with van der Waals surface area (Å²) in [6.45, 7) is 12.4. The van der Waals surface area contributed by atoms with Crippen LogP contribution in [-0.4, -0.2) is 86.7 Å². The average molecular weight is 596 g/mol. The molecule has 0 spiro atoms. The molecule has 0 bridgehead atoms. The van der Waals surface area contributed by atoms with E-state index in [9.17, 15) is 13.6 Å². The van der Waals surface area contributed by atoms with Crippen LogP contribution < -0.4 is 15.5 Å². The SMILES string of the molecule is CC(C)(C)n1ncc(C=O)c1F.CNc1cc(-c2cc(C=N)c(NC3CCN(C)C3)c(N3CCOCC3)c2)c(C)cc1F. The molecule has 3 heterocycles. The van der Waals surface area contributed by atoms with E-state index in [1.165, 1.54) is 17.1 Å². The highest BCUT2D eigenvalue weighted by atomic mass is 19.1. The van der Waals surface area contributed by atoms with Crippen molar-refractivity contribution < 1.29 is 18.3 Å². The summed E-state index contributed by atoms with van der Waals surface area (Å²) >= 11 is 0. The van der Waals surface area contributed by atoms with E-state index in [2.05, 4.69) is 38.6 Å². The Labute approximate surface area is 252 Å². The quantitative estimate of drug-likeness (QED) is 0.249. The largest absolute Gasteiger partial charge is 0.386 e. The van der Waals surface area contributed by atoms with Crippen molar-refractivity contribution in [1.29, 1.82) is 5.41 Å². The van der Waals surface area contributed by atoms with Crippen LogP contribution in [0.3, 0.4) is 0 Å². The highest BCUT2D eigenvalue weighted by molar-refractivity contribution is 5.95. The number of likely N-dealkylation sites (N-methyl/N-ethyl adjacent to an activating group) is 1. The number of rotatable bonds is 7. The van der Waals surface area contributed by atoms with Gasteiger partial charge in [-0.15, -0.1) is 0 Å². The Balaban J connectivity index is 0.000000296. The number of benzene rings is 2. The molecule has 3 aromatic rings. The van der Waals surface area contributed by atoms with E-state index in [-0.39, 0.29) is 11.4 Å². The minimum atomic E-state index is -0.572. The van der Waals surface area contributed by atoms with Crippen molar-refractivity contribution in [2.24, 2.45) is 0 Å². The number of carbonyl (C=O) groups is 1. The molecular weight excluding hydrogens is 552 g/mol. The number of aromatic nitrogens is 2. The molecule has 3 N–H and O–H groups in total. The molecular formula is C32H43F2N7O2. The molecule has 232 valence electrons. The number of anilines is 3. The third kappa shape index (κ3) is 7.40. The van der Waals surface area contributed by atoms with Crippen LogP contribution in [0, 0.1) is 24.1 Å². The van der Waals surface area contributed by atoms with E-state index >= 15 is 0 Å². The number of aldehydes is 1. The first-order chi connectivity index (χ1) is 20.5. The Kier molecular flexibility index (Phi) is 10.2. The maximum absolute atomic E-state index is 14.3. The second-order valence-corrected chi connectivity index (χ2v) is 12.1. The van der Waals surface area contributed by atoms with Gasteiger partial charge in [0.15, 0.2) is 6.29 Å². The van der Waals surface area contributed by atoms with E-state index in [1.807, 2.05) is 39.8 Å². The fraction of sp³-hybridized carbons (Fsp3) is 0.469. The van der Waals surface area contributed by atoms with Crippen molar-refractivity contribution in [3.05, 3.63) is 58.9 Å². The maximum atomic E-state index is 14.3. The highest BCUT2D eigenvalue weighted by Crippen LogP contribution is 2.38. The van der Waals surface area contributed by atoms with Gasteiger partial charge in [-0.1, -0.05) is 0 Å². The third-order valence-electron chi connectivity index (χ3n) is 7.79. The molecule has 2 aliphatic rings. The van der Waals surface area contributed by atoms with Gasteiger partial charge in [0.05, 0.1) is 47.6 Å². The molecule has 2 aromatic carbocycles. The summed E-state index contributed by atoms with van der Waals surface area (Å²) in [7, 11) is 3.87. The van der Waals surface area contributed by atoms with Gasteiger partial charge in [0.2, 0.25) is 5.95 Å². The first-order valence-electron chi connectivity index (χ1n) is 14.6. The molecule has 0 saturated carbocycles. The molecule has 5 rings (SSSR count). The van der Waals surface area contributed by atoms with Gasteiger partial charge in [0, 0.05) is 44.5 Å². The highest BCUT2D eigenvalue weighted by Gasteiger charge is 2.25. The zero-order chi connectivity index (χ0) is 31.3. The zero-order valence-corrected chi connectivity index (χ0v) is 25.9. The van der Waals surface area contributed by atoms with Crippen LogP contribution in [0.25, 0.3) is 11.1 Å². The molecule has 1 atom stereocenters. The van der Waals surface area contributed by atoms with Gasteiger partial charge in [0.1, 0.15) is 5.82 Å². The molecule has 2 saturated heterocycles. The Morgan fingerprint density at radius 3 is 2.35 bits per heavy atom. The van der Waals surface area contributed by atoms with E-state index in [1.54, 1.807) is 13.1 Å². The lowest BCUT2D eigenvalue weighted by Gasteiger charge is -2.33. The number of aryl methyl sites for hydroxylation is 1. The van der Waals surface area contributed by atoms with Crippen LogP contribution in [-0.2, 0) is 10.3 Å². The average Bonchev–Trinajstić information content (AvgIpc) is 3.58. The van der Waals surface area contributed by atoms with Gasteiger partial charge < -0.3 is 30.6 Å². The molecule has 43 heavy (non-hydrogen) atoms. The van der Waals surface area contributed by atoms with Crippen LogP contribution in [0.4, 0.5) is 25.8 Å². The Morgan fingerprint density at radius 1 is 1.09 bits per heavy atom. The lowest BCUT2D eigenvalue weighted by Crippen LogP contribution is -2.37. The van der Waals surface area contributed by atoms with Crippen LogP contribution >= 0.6 is 0 Å². The monoisotopic (exact) mass is 595 g/mol. The first-order valence-corrected chi connectivity index (χ1v) is 14.6. The molecule has 0 amide bonds. The number of hydrogen-bond donors (Lipinski definition) is 3. The number of likely N-dealkylation sites (tertiary alicyclic amines) is 1. The van der Waals surface area contributed by atoms with E-state index in [4.69, 9.17) is 10.1 Å². The summed E-state index contributed by atoms with van der Waals surface area (Å²) in [6, 6.07) is 8.00. The Hall–Kier alpha value is -3.83. The van der Waals surface area contributed by atoms with Crippen LogP contribution in [0.2, 0.25) is 0 Å². The van der Waals surface area contributed by atoms with Crippen molar-refractivity contribution in [2.75, 3.05) is 69.0 Å². The molecule has 11 heteroatoms. The van der Waals surface area contributed by atoms with Crippen LogP contribution in [0.15, 0.2) is 30.5 Å². The summed E-state index contributed by atoms with van der Waals surface area (Å²) in [4.78, 5) is 14.9. The molecule has 1 unspecified atom stereocenters. The molecule has 9 nitrogen and oxygen atoms in total. The number of carbonyl (C=O) groups excluding carboxylic acids is 1. The minimum Gasteiger partial charge on any atom is -0.386 e. The van der Waals surface area contributed by atoms with Crippen molar-refractivity contribution in [3.63, 3.8) is 0 Å². The Bertz CT molecular complexity index is 1440. The van der Waals surface area contributed by atoms with E-state index in [0.717, 1.165) is 66.2 Å². The van der Waals surface area contributed by atoms with E-state index in [0.29, 0.717) is 31.2 Å². The van der Waals surface area contributed by atoms with Gasteiger partial charge in [-0.25, -0.2) is 9.07 Å². The number of hydrogen-bond acceptors (Lipinski definition) is 8. The predicted molar refractivity (Wildman–Crippen MR) is 169 cm³/mol. The standard InChI is InChI=1S/C24H32FN5O.C8H11FN2O/c1-16-10-21(25)22(27-2)13-20(16)17-11-18(14-26)24(28-19-4-5-29(3)15-19)23(12-17)30-6-8-31-9-7-30;1-8(2,3)11-7(9)6(5-12)4-10-11/h10-14,19,26-28H,4-9,15H2,1-3H3;4-5H,1-3H3. The summed E-state index contributed by atoms with van der Waals surface area (Å²) < 4.78 is 34.2. The van der Waals surface area contributed by atoms with E-state index < -0.39 is 11.5 Å². The van der Waals surface area contributed by atoms with Crippen molar-refractivity contribution >= 4 is 29.6 Å². The smallest absolute Gasteiger partial charge is 0.222 e. The predicted octanol–water partition coefficient (Wildman–Crippen LogP) is 5.38. The Morgan fingerprint density at radius 2 is 1.81 bits per heavy atom. The molecule has 2 aliphatic heterocycles. The number of morpholine rings is 1. The van der Waals surface area contributed by atoms with Crippen molar-refractivity contribution in [3.8, 4) is 11.1 Å². The fourth-order valence-electron chi connectivity index (χ4n) is 5.45. The third-order valence-corrected chi connectivity index (χ3v) is 7.79. The fourth-order valence-corrected chi connectivity index (χ4v) is 5.45. The normalized spacial score (nSPS) is 17.3. The van der Waals surface area contributed by atoms with Crippen LogP contribution in [0.1, 0.15) is 48.7 Å². The lowest BCUT2D eigenvalue weighted by molar-refractivity contribution is 0.111. The van der Waals surface area contributed by atoms with Gasteiger partial charge in [-0.3, -0.25) is 4.79 Å².